The molecule has 6 fully saturated rings. The Morgan fingerprint density at radius 2 is 1.08 bits per heavy atom. The summed E-state index contributed by atoms with van der Waals surface area (Å²) in [5, 5.41) is 27.0. The molecule has 4 heterocycles. The van der Waals surface area contributed by atoms with E-state index in [0.29, 0.717) is 73.0 Å². The van der Waals surface area contributed by atoms with Crippen LogP contribution in [0.1, 0.15) is 97.6 Å². The molecule has 4 aliphatic heterocycles. The molecule has 2 saturated heterocycles. The third kappa shape index (κ3) is 5.30. The van der Waals surface area contributed by atoms with Crippen LogP contribution < -0.4 is 18.9 Å². The number of ketones is 2. The van der Waals surface area contributed by atoms with Gasteiger partial charge in [-0.3, -0.25) is 29.0 Å². The largest absolute Gasteiger partial charge is 0.477 e. The van der Waals surface area contributed by atoms with Crippen LogP contribution >= 0.6 is 0 Å². The first kappa shape index (κ1) is 40.0. The lowest BCUT2D eigenvalue weighted by Gasteiger charge is -2.62. The van der Waals surface area contributed by atoms with Crippen molar-refractivity contribution in [3.05, 3.63) is 94.0 Å². The third-order valence-electron chi connectivity index (χ3n) is 18.3. The summed E-state index contributed by atoms with van der Waals surface area (Å²) < 4.78 is 25.5. The van der Waals surface area contributed by atoms with Crippen LogP contribution in [0.5, 0.6) is 23.0 Å². The number of aliphatic hydroxyl groups is 2. The van der Waals surface area contributed by atoms with Crippen LogP contribution in [0.25, 0.3) is 10.8 Å². The Balaban J connectivity index is 0.736. The molecule has 66 heavy (non-hydrogen) atoms. The fourth-order valence-corrected chi connectivity index (χ4v) is 15.1. The highest BCUT2D eigenvalue weighted by Gasteiger charge is 2.75. The fourth-order valence-electron chi connectivity index (χ4n) is 15.1. The number of fused-ring (bicyclic) bond motifs is 1. The molecule has 12 heteroatoms. The molecule has 4 aromatic carbocycles. The number of piperidine rings is 2. The number of hydrogen-bond acceptors (Lipinski definition) is 12. The highest BCUT2D eigenvalue weighted by molar-refractivity contribution is 5.95. The molecule has 12 nitrogen and oxygen atoms in total. The van der Waals surface area contributed by atoms with Crippen molar-refractivity contribution in [1.82, 2.24) is 9.80 Å². The zero-order valence-corrected chi connectivity index (χ0v) is 37.0. The minimum absolute atomic E-state index is 0.0156. The molecule has 0 amide bonds. The molecule has 10 aliphatic rings. The quantitative estimate of drug-likeness (QED) is 0.155. The first-order chi connectivity index (χ1) is 32.0. The van der Waals surface area contributed by atoms with Gasteiger partial charge in [0.25, 0.3) is 0 Å². The summed E-state index contributed by atoms with van der Waals surface area (Å²) in [5.74, 6) is 1.57. The molecule has 4 bridgehead atoms. The lowest BCUT2D eigenvalue weighted by Crippen LogP contribution is -2.76. The maximum atomic E-state index is 14.1. The topological polar surface area (TPSA) is 152 Å². The number of benzene rings is 4. The highest BCUT2D eigenvalue weighted by Crippen LogP contribution is 2.67. The Bertz CT molecular complexity index is 2670. The molecule has 0 unspecified atom stereocenters. The molecule has 340 valence electrons. The maximum absolute atomic E-state index is 14.1. The summed E-state index contributed by atoms with van der Waals surface area (Å²) in [6.07, 6.45) is 6.86. The van der Waals surface area contributed by atoms with Gasteiger partial charge in [0.2, 0.25) is 0 Å². The number of hydrogen-bond donors (Lipinski definition) is 2. The average Bonchev–Trinajstić information content (AvgIpc) is 4.23. The predicted octanol–water partition coefficient (Wildman–Crippen LogP) is 5.40. The number of Topliss-reactive ketones (excluding diaryl/α,β-unsaturated/α-hetero) is 2. The number of carbonyl (C=O) groups is 4. The van der Waals surface area contributed by atoms with E-state index in [0.717, 1.165) is 59.2 Å². The van der Waals surface area contributed by atoms with E-state index in [-0.39, 0.29) is 60.8 Å². The van der Waals surface area contributed by atoms with Crippen molar-refractivity contribution in [1.29, 1.82) is 0 Å². The van der Waals surface area contributed by atoms with Gasteiger partial charge in [-0.15, -0.1) is 0 Å². The van der Waals surface area contributed by atoms with Gasteiger partial charge in [-0.2, -0.15) is 0 Å². The Morgan fingerprint density at radius 1 is 0.621 bits per heavy atom. The van der Waals surface area contributed by atoms with Crippen LogP contribution in [0.3, 0.4) is 0 Å². The molecule has 8 atom stereocenters. The van der Waals surface area contributed by atoms with E-state index >= 15 is 0 Å². The monoisotopic (exact) mass is 890 g/mol. The van der Waals surface area contributed by atoms with Crippen LogP contribution in [-0.2, 0) is 55.7 Å². The molecular formula is C54H54N2O10. The Morgan fingerprint density at radius 3 is 1.52 bits per heavy atom. The number of esters is 2. The van der Waals surface area contributed by atoms with E-state index < -0.39 is 46.2 Å². The van der Waals surface area contributed by atoms with E-state index in [2.05, 4.69) is 9.80 Å². The summed E-state index contributed by atoms with van der Waals surface area (Å²) in [6, 6.07) is 18.7. The molecule has 4 aromatic rings. The Kier molecular flexibility index (Phi) is 8.32. The number of likely N-dealkylation sites (tertiary alicyclic amines) is 2. The molecule has 4 saturated carbocycles. The fraction of sp³-hybridized carbons (Fsp3) is 0.519. The number of ether oxygens (including phenoxy) is 4. The number of rotatable bonds is 10. The van der Waals surface area contributed by atoms with Gasteiger partial charge >= 0.3 is 11.9 Å². The minimum atomic E-state index is -1.12. The lowest BCUT2D eigenvalue weighted by atomic mass is 9.49. The van der Waals surface area contributed by atoms with E-state index in [9.17, 15) is 29.4 Å². The molecule has 0 radical (unpaired) electrons. The van der Waals surface area contributed by atoms with Crippen LogP contribution in [0.2, 0.25) is 0 Å². The van der Waals surface area contributed by atoms with Crippen LogP contribution in [0, 0.1) is 11.8 Å². The van der Waals surface area contributed by atoms with Crippen molar-refractivity contribution < 1.29 is 48.3 Å². The average molecular weight is 891 g/mol. The second-order valence-electron chi connectivity index (χ2n) is 21.6. The Hall–Kier alpha value is -5.14. The normalized spacial score (nSPS) is 34.3. The van der Waals surface area contributed by atoms with Crippen molar-refractivity contribution in [2.45, 2.75) is 136 Å². The summed E-state index contributed by atoms with van der Waals surface area (Å²) in [6.45, 7) is 3.51. The molecule has 6 aliphatic carbocycles. The van der Waals surface area contributed by atoms with E-state index in [4.69, 9.17) is 18.9 Å². The van der Waals surface area contributed by atoms with Crippen LogP contribution in [-0.4, -0.2) is 105 Å². The second-order valence-corrected chi connectivity index (χ2v) is 21.6. The molecular weight excluding hydrogens is 837 g/mol. The van der Waals surface area contributed by atoms with Crippen molar-refractivity contribution in [2.24, 2.45) is 11.8 Å². The maximum Gasteiger partial charge on any atom is 0.315 e. The predicted molar refractivity (Wildman–Crippen MR) is 239 cm³/mol. The van der Waals surface area contributed by atoms with Gasteiger partial charge in [0, 0.05) is 49.1 Å². The summed E-state index contributed by atoms with van der Waals surface area (Å²) in [5.41, 5.74) is 1.12. The third-order valence-corrected chi connectivity index (χ3v) is 18.3. The molecule has 0 aromatic heterocycles. The molecule has 2 N–H and O–H groups in total. The van der Waals surface area contributed by atoms with Crippen LogP contribution in [0.15, 0.2) is 60.7 Å². The van der Waals surface area contributed by atoms with Crippen molar-refractivity contribution >= 4 is 34.3 Å². The van der Waals surface area contributed by atoms with Gasteiger partial charge in [0.15, 0.2) is 46.8 Å². The van der Waals surface area contributed by atoms with E-state index in [1.165, 1.54) is 25.7 Å². The second kappa shape index (κ2) is 13.7. The van der Waals surface area contributed by atoms with Gasteiger partial charge in [0.05, 0.1) is 34.9 Å². The SMILES string of the molecule is O=C(Cc1cccc2cccc(CC(=O)Oc3ccc4c5c3O[C@H]3C(=O)CC[C@@]6(O)[C@@H](C4)N(CC4CC4)CC[C@]536)c12)Oc1ccc2c3c1O[C@H]1C(=O)CC[C@@]4(O)[C@@H](C2)N(CC2CC2)CC[C@]314. The first-order valence-electron chi connectivity index (χ1n) is 24.5. The van der Waals surface area contributed by atoms with Crippen LogP contribution in [0.4, 0.5) is 0 Å². The van der Waals surface area contributed by atoms with Gasteiger partial charge in [0.1, 0.15) is 0 Å². The van der Waals surface area contributed by atoms with Gasteiger partial charge in [-0.1, -0.05) is 48.5 Å². The highest BCUT2D eigenvalue weighted by atomic mass is 16.6. The molecule has 2 spiro atoms. The van der Waals surface area contributed by atoms with Gasteiger partial charge in [-0.25, -0.2) is 0 Å². The van der Waals surface area contributed by atoms with Gasteiger partial charge < -0.3 is 29.2 Å². The summed E-state index contributed by atoms with van der Waals surface area (Å²) in [7, 11) is 0. The first-order valence-corrected chi connectivity index (χ1v) is 24.5. The number of nitrogens with zero attached hydrogens (tertiary/aromatic N) is 2. The zero-order chi connectivity index (χ0) is 44.5. The van der Waals surface area contributed by atoms with Crippen molar-refractivity contribution in [3.8, 4) is 23.0 Å². The lowest BCUT2D eigenvalue weighted by molar-refractivity contribution is -0.188. The molecule has 14 rings (SSSR count). The Labute approximate surface area is 382 Å². The van der Waals surface area contributed by atoms with Gasteiger partial charge in [-0.05, 0) is 134 Å². The van der Waals surface area contributed by atoms with Crippen molar-refractivity contribution in [2.75, 3.05) is 26.2 Å². The zero-order valence-electron chi connectivity index (χ0n) is 37.0. The van der Waals surface area contributed by atoms with Crippen molar-refractivity contribution in [3.63, 3.8) is 0 Å². The summed E-state index contributed by atoms with van der Waals surface area (Å²) in [4.78, 5) is 60.4. The minimum Gasteiger partial charge on any atom is -0.477 e. The summed E-state index contributed by atoms with van der Waals surface area (Å²) >= 11 is 0. The number of carbonyl (C=O) groups excluding carboxylic acids is 4. The van der Waals surface area contributed by atoms with E-state index in [1.807, 2.05) is 48.5 Å². The smallest absolute Gasteiger partial charge is 0.315 e. The standard InChI is InChI=1S/C54H54N2O10/c57-36-15-17-53(61)40-23-34-11-13-38(47-45(34)51(53,49(36)65-47)19-21-55(40)27-29-7-8-29)63-42(59)25-32-5-1-3-31-4-2-6-33(44(31)32)26-43(60)64-39-14-12-35-24-41-54(62)18-16-37(58)50-52(54,46(35)48(39)66-50)20-22-56(41)28-30-9-10-30/h1-6,11-14,29-30,40-41,49-50,61-62H,7-10,15-28H2/t40-,41-,49+,50+,51+,52+,53-,54-/m1/s1. The van der Waals surface area contributed by atoms with E-state index in [1.54, 1.807) is 12.1 Å².